The van der Waals surface area contributed by atoms with Crippen LogP contribution in [0.1, 0.15) is 12.5 Å². The number of hydrazone groups is 1. The molecule has 0 bridgehead atoms. The van der Waals surface area contributed by atoms with Crippen LogP contribution < -0.4 is 21.8 Å². The van der Waals surface area contributed by atoms with E-state index in [-0.39, 0.29) is 12.5 Å². The molecule has 2 aromatic carbocycles. The molecule has 7 nitrogen and oxygen atoms in total. The van der Waals surface area contributed by atoms with E-state index in [0.717, 1.165) is 21.5 Å². The fourth-order valence-corrected chi connectivity index (χ4v) is 4.37. The number of fused-ring (bicyclic) bond motifs is 1. The van der Waals surface area contributed by atoms with Crippen LogP contribution in [0, 0.1) is 5.41 Å². The average molecular weight is 407 g/mol. The molecular formula is C21H22N6OS. The van der Waals surface area contributed by atoms with Gasteiger partial charge < -0.3 is 27.2 Å². The third kappa shape index (κ3) is 3.93. The summed E-state index contributed by atoms with van der Waals surface area (Å²) in [7, 11) is 0. The number of anilines is 2. The second kappa shape index (κ2) is 7.56. The Balaban J connectivity index is 1.57. The van der Waals surface area contributed by atoms with Crippen molar-refractivity contribution in [1.29, 1.82) is 5.41 Å². The molecule has 3 aromatic rings. The molecular weight excluding hydrogens is 384 g/mol. The van der Waals surface area contributed by atoms with Crippen molar-refractivity contribution in [3.8, 4) is 10.4 Å². The molecule has 6 N–H and O–H groups in total. The Hall–Kier alpha value is -3.39. The molecule has 0 spiro atoms. The second-order valence-corrected chi connectivity index (χ2v) is 8.32. The lowest BCUT2D eigenvalue weighted by Gasteiger charge is -2.21. The molecule has 0 radical (unpaired) electrons. The number of thiophene rings is 1. The molecule has 29 heavy (non-hydrogen) atoms. The highest BCUT2D eigenvalue weighted by Crippen LogP contribution is 2.38. The van der Waals surface area contributed by atoms with Gasteiger partial charge in [-0.25, -0.2) is 0 Å². The minimum absolute atomic E-state index is 0.108. The van der Waals surface area contributed by atoms with E-state index in [0.29, 0.717) is 17.8 Å². The number of nitrogens with one attached hydrogen (secondary N) is 4. The van der Waals surface area contributed by atoms with Crippen LogP contribution in [0.25, 0.3) is 20.5 Å². The van der Waals surface area contributed by atoms with Crippen LogP contribution in [-0.2, 0) is 4.79 Å². The number of rotatable bonds is 6. The summed E-state index contributed by atoms with van der Waals surface area (Å²) in [5.74, 6) is -0.140. The minimum Gasteiger partial charge on any atom is -0.398 e. The smallest absolute Gasteiger partial charge is 0.240 e. The van der Waals surface area contributed by atoms with E-state index in [1.54, 1.807) is 23.6 Å². The van der Waals surface area contributed by atoms with Crippen LogP contribution in [0.3, 0.4) is 0 Å². The minimum atomic E-state index is -0.484. The molecule has 0 saturated carbocycles. The first-order valence-corrected chi connectivity index (χ1v) is 10.0. The van der Waals surface area contributed by atoms with E-state index in [4.69, 9.17) is 11.1 Å². The first-order valence-electron chi connectivity index (χ1n) is 9.22. The number of hydrogen-bond acceptors (Lipinski definition) is 7. The van der Waals surface area contributed by atoms with Crippen LogP contribution in [0.2, 0.25) is 0 Å². The van der Waals surface area contributed by atoms with Crippen LogP contribution in [0.4, 0.5) is 11.4 Å². The third-order valence-corrected chi connectivity index (χ3v) is 5.97. The number of amides is 1. The summed E-state index contributed by atoms with van der Waals surface area (Å²) in [4.78, 5) is 13.4. The van der Waals surface area contributed by atoms with Crippen LogP contribution in [0.15, 0.2) is 47.6 Å². The standard InChI is InChI=1S/C21H22N6OS/c1-21(11-25-26-12-21)27-19(28)10-24-15-6-14(9-22)20(23)16(8-15)18-7-13-4-2-3-5-17(13)29-18/h2-9,11,22,24,26H,10,12,23H2,1H3,(H,27,28). The lowest BCUT2D eigenvalue weighted by molar-refractivity contribution is -0.120. The van der Waals surface area contributed by atoms with Gasteiger partial charge in [0.25, 0.3) is 0 Å². The van der Waals surface area contributed by atoms with Crippen LogP contribution in [-0.4, -0.2) is 37.0 Å². The van der Waals surface area contributed by atoms with Gasteiger partial charge in [0.15, 0.2) is 0 Å². The van der Waals surface area contributed by atoms with Crippen molar-refractivity contribution in [2.75, 3.05) is 24.1 Å². The van der Waals surface area contributed by atoms with Crippen molar-refractivity contribution in [1.82, 2.24) is 10.7 Å². The molecule has 1 aliphatic rings. The number of carbonyl (C=O) groups is 1. The van der Waals surface area contributed by atoms with Gasteiger partial charge in [-0.1, -0.05) is 18.2 Å². The number of carbonyl (C=O) groups excluding carboxylic acids is 1. The zero-order valence-corrected chi connectivity index (χ0v) is 16.8. The highest BCUT2D eigenvalue weighted by molar-refractivity contribution is 7.22. The fourth-order valence-electron chi connectivity index (χ4n) is 3.28. The van der Waals surface area contributed by atoms with Crippen molar-refractivity contribution in [2.45, 2.75) is 12.5 Å². The number of benzene rings is 2. The summed E-state index contributed by atoms with van der Waals surface area (Å²) < 4.78 is 1.18. The quantitative estimate of drug-likeness (QED) is 0.320. The summed E-state index contributed by atoms with van der Waals surface area (Å²) in [5, 5.41) is 18.9. The predicted molar refractivity (Wildman–Crippen MR) is 121 cm³/mol. The Bertz CT molecular complexity index is 1090. The molecule has 1 aliphatic heterocycles. The van der Waals surface area contributed by atoms with Crippen molar-refractivity contribution >= 4 is 51.1 Å². The van der Waals surface area contributed by atoms with Gasteiger partial charge in [-0.3, -0.25) is 4.79 Å². The molecule has 0 saturated heterocycles. The van der Waals surface area contributed by atoms with Crippen LogP contribution in [0.5, 0.6) is 0 Å². The maximum atomic E-state index is 12.3. The van der Waals surface area contributed by atoms with Crippen LogP contribution >= 0.6 is 11.3 Å². The van der Waals surface area contributed by atoms with E-state index >= 15 is 0 Å². The third-order valence-electron chi connectivity index (χ3n) is 4.82. The van der Waals surface area contributed by atoms with Crippen molar-refractivity contribution in [3.63, 3.8) is 0 Å². The van der Waals surface area contributed by atoms with Gasteiger partial charge in [-0.2, -0.15) is 5.10 Å². The first kappa shape index (κ1) is 18.9. The first-order chi connectivity index (χ1) is 14.0. The largest absolute Gasteiger partial charge is 0.398 e. The van der Waals surface area contributed by atoms with Gasteiger partial charge in [0.2, 0.25) is 5.91 Å². The average Bonchev–Trinajstić information content (AvgIpc) is 3.33. The zero-order valence-electron chi connectivity index (χ0n) is 16.0. The molecule has 0 aliphatic carbocycles. The summed E-state index contributed by atoms with van der Waals surface area (Å²) >= 11 is 1.65. The molecule has 0 fully saturated rings. The van der Waals surface area contributed by atoms with Crippen molar-refractivity contribution < 1.29 is 4.79 Å². The van der Waals surface area contributed by atoms with Gasteiger partial charge in [0, 0.05) is 38.3 Å². The number of hydrogen-bond donors (Lipinski definition) is 5. The van der Waals surface area contributed by atoms with Gasteiger partial charge in [-0.15, -0.1) is 11.3 Å². The van der Waals surface area contributed by atoms with E-state index in [2.05, 4.69) is 39.4 Å². The monoisotopic (exact) mass is 406 g/mol. The molecule has 2 heterocycles. The molecule has 8 heteroatoms. The Kier molecular flexibility index (Phi) is 4.94. The van der Waals surface area contributed by atoms with Gasteiger partial charge in [-0.05, 0) is 36.6 Å². The lowest BCUT2D eigenvalue weighted by Crippen LogP contribution is -2.51. The van der Waals surface area contributed by atoms with E-state index in [9.17, 15) is 4.79 Å². The SMILES string of the molecule is CC1(NC(=O)CNc2cc(C=N)c(N)c(-c3cc4ccccc4s3)c2)C=NNC1. The highest BCUT2D eigenvalue weighted by Gasteiger charge is 2.27. The Morgan fingerprint density at radius 2 is 2.21 bits per heavy atom. The van der Waals surface area contributed by atoms with Gasteiger partial charge >= 0.3 is 0 Å². The number of nitrogens with two attached hydrogens (primary N) is 1. The maximum Gasteiger partial charge on any atom is 0.240 e. The Morgan fingerprint density at radius 3 is 2.93 bits per heavy atom. The Morgan fingerprint density at radius 1 is 1.38 bits per heavy atom. The molecule has 1 aromatic heterocycles. The lowest BCUT2D eigenvalue weighted by atomic mass is 10.0. The summed E-state index contributed by atoms with van der Waals surface area (Å²) in [6.45, 7) is 2.58. The second-order valence-electron chi connectivity index (χ2n) is 7.23. The molecule has 4 rings (SSSR count). The summed E-state index contributed by atoms with van der Waals surface area (Å²) in [6.07, 6.45) is 2.93. The number of nitrogens with zero attached hydrogens (tertiary/aromatic N) is 1. The molecule has 1 amide bonds. The zero-order chi connectivity index (χ0) is 20.4. The molecule has 1 atom stereocenters. The normalized spacial score (nSPS) is 17.8. The predicted octanol–water partition coefficient (Wildman–Crippen LogP) is 3.02. The maximum absolute atomic E-state index is 12.3. The summed E-state index contributed by atoms with van der Waals surface area (Å²) in [5.41, 5.74) is 11.5. The highest BCUT2D eigenvalue weighted by atomic mass is 32.1. The van der Waals surface area contributed by atoms with Gasteiger partial charge in [0.1, 0.15) is 0 Å². The fraction of sp³-hybridized carbons (Fsp3) is 0.190. The van der Waals surface area contributed by atoms with Crippen molar-refractivity contribution in [3.05, 3.63) is 48.0 Å². The Labute approximate surface area is 172 Å². The molecule has 1 unspecified atom stereocenters. The summed E-state index contributed by atoms with van der Waals surface area (Å²) in [6, 6.07) is 14.0. The van der Waals surface area contributed by atoms with E-state index in [1.807, 2.05) is 25.1 Å². The topological polar surface area (TPSA) is 115 Å². The van der Waals surface area contributed by atoms with E-state index in [1.165, 1.54) is 10.9 Å². The van der Waals surface area contributed by atoms with E-state index < -0.39 is 5.54 Å². The van der Waals surface area contributed by atoms with Crippen molar-refractivity contribution in [2.24, 2.45) is 5.10 Å². The number of nitrogen functional groups attached to an aromatic ring is 1. The van der Waals surface area contributed by atoms with Gasteiger partial charge in [0.05, 0.1) is 24.8 Å². The molecule has 148 valence electrons.